The average molecular weight is 394 g/mol. The number of thiophene rings is 1. The molecule has 23 heavy (non-hydrogen) atoms. The van der Waals surface area contributed by atoms with Crippen LogP contribution in [-0.4, -0.2) is 17.2 Å². The summed E-state index contributed by atoms with van der Waals surface area (Å²) in [7, 11) is 0. The van der Waals surface area contributed by atoms with Crippen LogP contribution in [0.25, 0.3) is 0 Å². The molecule has 2 nitrogen and oxygen atoms in total. The van der Waals surface area contributed by atoms with Crippen LogP contribution in [0.3, 0.4) is 0 Å². The molecule has 0 bridgehead atoms. The summed E-state index contributed by atoms with van der Waals surface area (Å²) in [5.74, 6) is 0.697. The molecule has 1 atom stereocenters. The fraction of sp³-hybridized carbons (Fsp3) is 0.474. The molecule has 1 aliphatic carbocycles. The van der Waals surface area contributed by atoms with E-state index in [1.807, 2.05) is 11.4 Å². The highest BCUT2D eigenvalue weighted by Crippen LogP contribution is 2.32. The summed E-state index contributed by atoms with van der Waals surface area (Å²) in [6.45, 7) is 5.08. The molecule has 0 unspecified atom stereocenters. The Hall–Kier alpha value is -0.680. The molecule has 3 rings (SSSR count). The third-order valence-electron chi connectivity index (χ3n) is 4.62. The first-order chi connectivity index (χ1) is 10.9. The number of aliphatic hydroxyl groups excluding tert-OH is 1. The molecule has 0 aliphatic heterocycles. The highest BCUT2D eigenvalue weighted by Gasteiger charge is 2.28. The van der Waals surface area contributed by atoms with Crippen LogP contribution in [0.2, 0.25) is 0 Å². The van der Waals surface area contributed by atoms with Crippen molar-refractivity contribution in [1.82, 2.24) is 5.32 Å². The quantitative estimate of drug-likeness (QED) is 0.743. The molecule has 2 N–H and O–H groups in total. The van der Waals surface area contributed by atoms with Crippen molar-refractivity contribution < 1.29 is 5.11 Å². The average Bonchev–Trinajstić information content (AvgIpc) is 3.09. The van der Waals surface area contributed by atoms with Crippen LogP contribution < -0.4 is 5.32 Å². The Morgan fingerprint density at radius 3 is 2.52 bits per heavy atom. The van der Waals surface area contributed by atoms with Gasteiger partial charge in [-0.3, -0.25) is 0 Å². The van der Waals surface area contributed by atoms with E-state index in [1.165, 1.54) is 24.0 Å². The smallest absolute Gasteiger partial charge is 0.101 e. The molecule has 0 radical (unpaired) electrons. The molecule has 0 fully saturated rings. The van der Waals surface area contributed by atoms with E-state index in [1.54, 1.807) is 11.3 Å². The molecule has 1 aromatic carbocycles. The van der Waals surface area contributed by atoms with E-state index < -0.39 is 6.10 Å². The van der Waals surface area contributed by atoms with Gasteiger partial charge in [0.2, 0.25) is 0 Å². The molecule has 124 valence electrons. The SMILES string of the molecule is CC(C)(CC1Cc2ccccc2C1)NC[C@@H](O)c1cc(Br)cs1. The lowest BCUT2D eigenvalue weighted by Gasteiger charge is -2.30. The van der Waals surface area contributed by atoms with Gasteiger partial charge in [0, 0.05) is 26.8 Å². The summed E-state index contributed by atoms with van der Waals surface area (Å²) in [4.78, 5) is 1.01. The summed E-state index contributed by atoms with van der Waals surface area (Å²) in [6.07, 6.45) is 3.05. The zero-order chi connectivity index (χ0) is 16.4. The van der Waals surface area contributed by atoms with Crippen molar-refractivity contribution in [2.75, 3.05) is 6.54 Å². The zero-order valence-electron chi connectivity index (χ0n) is 13.7. The largest absolute Gasteiger partial charge is 0.386 e. The minimum atomic E-state index is -0.439. The monoisotopic (exact) mass is 393 g/mol. The van der Waals surface area contributed by atoms with Gasteiger partial charge in [0.15, 0.2) is 0 Å². The zero-order valence-corrected chi connectivity index (χ0v) is 16.1. The number of hydrogen-bond acceptors (Lipinski definition) is 3. The maximum atomic E-state index is 10.3. The molecule has 4 heteroatoms. The predicted octanol–water partition coefficient (Wildman–Crippen LogP) is 4.72. The molecule has 0 saturated carbocycles. The van der Waals surface area contributed by atoms with E-state index in [0.717, 1.165) is 15.8 Å². The first-order valence-corrected chi connectivity index (χ1v) is 9.84. The number of fused-ring (bicyclic) bond motifs is 1. The molecule has 1 aromatic heterocycles. The standard InChI is InChI=1S/C19H24BrNOS/c1-19(2,21-11-17(22)18-9-16(20)12-23-18)10-13-7-14-5-3-4-6-15(14)8-13/h3-6,9,12-13,17,21-22H,7-8,10-11H2,1-2H3/t17-/m1/s1. The normalized spacial score (nSPS) is 16.5. The van der Waals surface area contributed by atoms with Gasteiger partial charge < -0.3 is 10.4 Å². The Bertz CT molecular complexity index is 642. The number of benzene rings is 1. The first kappa shape index (κ1) is 17.2. The maximum absolute atomic E-state index is 10.3. The van der Waals surface area contributed by atoms with Crippen molar-refractivity contribution in [3.63, 3.8) is 0 Å². The van der Waals surface area contributed by atoms with Crippen LogP contribution in [-0.2, 0) is 12.8 Å². The van der Waals surface area contributed by atoms with Crippen molar-refractivity contribution >= 4 is 27.3 Å². The van der Waals surface area contributed by atoms with Gasteiger partial charge >= 0.3 is 0 Å². The number of hydrogen-bond donors (Lipinski definition) is 2. The number of aliphatic hydroxyl groups is 1. The topological polar surface area (TPSA) is 32.3 Å². The van der Waals surface area contributed by atoms with E-state index in [0.29, 0.717) is 12.5 Å². The summed E-state index contributed by atoms with van der Waals surface area (Å²) < 4.78 is 1.04. The van der Waals surface area contributed by atoms with Crippen LogP contribution in [0.15, 0.2) is 40.2 Å². The van der Waals surface area contributed by atoms with Gasteiger partial charge in [-0.15, -0.1) is 11.3 Å². The lowest BCUT2D eigenvalue weighted by Crippen LogP contribution is -2.43. The van der Waals surface area contributed by atoms with Crippen molar-refractivity contribution in [3.05, 3.63) is 56.2 Å². The van der Waals surface area contributed by atoms with Gasteiger partial charge in [-0.2, -0.15) is 0 Å². The second-order valence-corrected chi connectivity index (χ2v) is 9.05. The molecule has 1 aliphatic rings. The van der Waals surface area contributed by atoms with Gasteiger partial charge in [-0.05, 0) is 72.2 Å². The highest BCUT2D eigenvalue weighted by atomic mass is 79.9. The minimum absolute atomic E-state index is 0.0299. The third-order valence-corrected chi connectivity index (χ3v) is 6.42. The Morgan fingerprint density at radius 1 is 1.30 bits per heavy atom. The number of nitrogens with one attached hydrogen (secondary N) is 1. The highest BCUT2D eigenvalue weighted by molar-refractivity contribution is 9.10. The van der Waals surface area contributed by atoms with Crippen LogP contribution in [0, 0.1) is 5.92 Å². The summed E-state index contributed by atoms with van der Waals surface area (Å²) in [6, 6.07) is 10.8. The molecule has 1 heterocycles. The van der Waals surface area contributed by atoms with Gasteiger partial charge in [0.05, 0.1) is 0 Å². The second kappa shape index (κ2) is 7.06. The van der Waals surface area contributed by atoms with Crippen LogP contribution in [0.5, 0.6) is 0 Å². The van der Waals surface area contributed by atoms with Crippen LogP contribution in [0.1, 0.15) is 42.4 Å². The molecular weight excluding hydrogens is 370 g/mol. The third kappa shape index (κ3) is 4.44. The van der Waals surface area contributed by atoms with E-state index in [2.05, 4.69) is 59.4 Å². The van der Waals surface area contributed by atoms with Crippen molar-refractivity contribution in [3.8, 4) is 0 Å². The maximum Gasteiger partial charge on any atom is 0.101 e. The fourth-order valence-corrected chi connectivity index (χ4v) is 5.00. The molecule has 2 aromatic rings. The number of halogens is 1. The molecule has 0 spiro atoms. The lowest BCUT2D eigenvalue weighted by molar-refractivity contribution is 0.158. The molecule has 0 amide bonds. The Morgan fingerprint density at radius 2 is 1.96 bits per heavy atom. The predicted molar refractivity (Wildman–Crippen MR) is 101 cm³/mol. The van der Waals surface area contributed by atoms with Crippen molar-refractivity contribution in [1.29, 1.82) is 0 Å². The van der Waals surface area contributed by atoms with Gasteiger partial charge in [0.25, 0.3) is 0 Å². The Balaban J connectivity index is 1.52. The molecule has 0 saturated heterocycles. The van der Waals surface area contributed by atoms with Crippen LogP contribution >= 0.6 is 27.3 Å². The molecular formula is C19H24BrNOS. The summed E-state index contributed by atoms with van der Waals surface area (Å²) in [5, 5.41) is 15.9. The van der Waals surface area contributed by atoms with Gasteiger partial charge in [-0.1, -0.05) is 24.3 Å². The summed E-state index contributed by atoms with van der Waals surface area (Å²) >= 11 is 5.04. The van der Waals surface area contributed by atoms with Crippen molar-refractivity contribution in [2.24, 2.45) is 5.92 Å². The van der Waals surface area contributed by atoms with Crippen molar-refractivity contribution in [2.45, 2.75) is 44.8 Å². The lowest BCUT2D eigenvalue weighted by atomic mass is 9.88. The first-order valence-electron chi connectivity index (χ1n) is 8.17. The van der Waals surface area contributed by atoms with E-state index in [9.17, 15) is 5.11 Å². The minimum Gasteiger partial charge on any atom is -0.386 e. The van der Waals surface area contributed by atoms with E-state index in [-0.39, 0.29) is 5.54 Å². The van der Waals surface area contributed by atoms with Gasteiger partial charge in [-0.25, -0.2) is 0 Å². The Kier molecular flexibility index (Phi) is 5.26. The number of β-amino-alcohol motifs (C(OH)–C–C–N with tert-alkyl or cyclic N) is 1. The summed E-state index contributed by atoms with van der Waals surface area (Å²) in [5.41, 5.74) is 3.05. The van der Waals surface area contributed by atoms with E-state index >= 15 is 0 Å². The second-order valence-electron chi connectivity index (χ2n) is 7.19. The van der Waals surface area contributed by atoms with Gasteiger partial charge in [0.1, 0.15) is 6.10 Å². The fourth-order valence-electron chi connectivity index (χ4n) is 3.56. The van der Waals surface area contributed by atoms with Crippen LogP contribution in [0.4, 0.5) is 0 Å². The number of rotatable bonds is 6. The Labute approximate surface area is 151 Å². The van der Waals surface area contributed by atoms with E-state index in [4.69, 9.17) is 0 Å².